The minimum atomic E-state index is -0.291. The zero-order chi connectivity index (χ0) is 21.2. The standard InChI is InChI=1S/C24H24N2O4/c1-2-15-29-22-14-7-6-13-21(22)24(28)26-19-10-8-9-18(16-19)25-23(27)17-30-20-11-4-3-5-12-20/h3-14,16H,2,15,17H2,1H3,(H,25,27)(H,26,28). The van der Waals surface area contributed by atoms with Crippen LogP contribution in [-0.4, -0.2) is 25.0 Å². The summed E-state index contributed by atoms with van der Waals surface area (Å²) in [6, 6.07) is 23.2. The van der Waals surface area contributed by atoms with Gasteiger partial charge in [0.15, 0.2) is 6.61 Å². The first-order chi connectivity index (χ1) is 14.7. The fraction of sp³-hybridized carbons (Fsp3) is 0.167. The van der Waals surface area contributed by atoms with E-state index in [1.807, 2.05) is 31.2 Å². The molecule has 0 aliphatic rings. The zero-order valence-electron chi connectivity index (χ0n) is 16.8. The first kappa shape index (κ1) is 20.9. The lowest BCUT2D eigenvalue weighted by Gasteiger charge is -2.12. The Morgan fingerprint density at radius 2 is 1.50 bits per heavy atom. The van der Waals surface area contributed by atoms with Crippen molar-refractivity contribution in [3.8, 4) is 11.5 Å². The van der Waals surface area contributed by atoms with Crippen LogP contribution in [0.5, 0.6) is 11.5 Å². The molecule has 3 aromatic carbocycles. The van der Waals surface area contributed by atoms with Crippen molar-refractivity contribution in [2.75, 3.05) is 23.8 Å². The van der Waals surface area contributed by atoms with Crippen LogP contribution < -0.4 is 20.1 Å². The largest absolute Gasteiger partial charge is 0.493 e. The van der Waals surface area contributed by atoms with Crippen LogP contribution in [0, 0.1) is 0 Å². The van der Waals surface area contributed by atoms with Crippen LogP contribution in [0.4, 0.5) is 11.4 Å². The summed E-state index contributed by atoms with van der Waals surface area (Å²) < 4.78 is 11.1. The number of anilines is 2. The normalized spacial score (nSPS) is 10.2. The van der Waals surface area contributed by atoms with Gasteiger partial charge in [-0.15, -0.1) is 0 Å². The van der Waals surface area contributed by atoms with Crippen molar-refractivity contribution in [2.24, 2.45) is 0 Å². The van der Waals surface area contributed by atoms with Crippen LogP contribution in [0.15, 0.2) is 78.9 Å². The molecule has 0 saturated heterocycles. The Labute approximate surface area is 175 Å². The molecule has 0 heterocycles. The van der Waals surface area contributed by atoms with Gasteiger partial charge >= 0.3 is 0 Å². The van der Waals surface area contributed by atoms with Crippen molar-refractivity contribution in [2.45, 2.75) is 13.3 Å². The van der Waals surface area contributed by atoms with E-state index in [-0.39, 0.29) is 18.4 Å². The van der Waals surface area contributed by atoms with Crippen LogP contribution in [0.25, 0.3) is 0 Å². The fourth-order valence-electron chi connectivity index (χ4n) is 2.73. The number of ether oxygens (including phenoxy) is 2. The van der Waals surface area contributed by atoms with Gasteiger partial charge < -0.3 is 20.1 Å². The van der Waals surface area contributed by atoms with Gasteiger partial charge in [0.2, 0.25) is 0 Å². The van der Waals surface area contributed by atoms with Crippen LogP contribution in [0.2, 0.25) is 0 Å². The van der Waals surface area contributed by atoms with E-state index in [1.165, 1.54) is 0 Å². The Morgan fingerprint density at radius 3 is 2.27 bits per heavy atom. The SMILES string of the molecule is CCCOc1ccccc1C(=O)Nc1cccc(NC(=O)COc2ccccc2)c1. The Morgan fingerprint density at radius 1 is 0.800 bits per heavy atom. The third kappa shape index (κ3) is 6.10. The molecule has 2 N–H and O–H groups in total. The molecule has 0 atom stereocenters. The minimum Gasteiger partial charge on any atom is -0.493 e. The first-order valence-electron chi connectivity index (χ1n) is 9.76. The average molecular weight is 404 g/mol. The summed E-state index contributed by atoms with van der Waals surface area (Å²) in [5, 5.41) is 5.61. The summed E-state index contributed by atoms with van der Waals surface area (Å²) in [6.07, 6.45) is 0.853. The van der Waals surface area contributed by atoms with Crippen LogP contribution in [-0.2, 0) is 4.79 Å². The molecule has 0 radical (unpaired) electrons. The molecule has 0 aliphatic carbocycles. The van der Waals surface area contributed by atoms with E-state index < -0.39 is 0 Å². The van der Waals surface area contributed by atoms with Crippen LogP contribution in [0.1, 0.15) is 23.7 Å². The van der Waals surface area contributed by atoms with E-state index in [0.717, 1.165) is 6.42 Å². The van der Waals surface area contributed by atoms with Gasteiger partial charge in [0.1, 0.15) is 11.5 Å². The number of amides is 2. The maximum Gasteiger partial charge on any atom is 0.262 e. The van der Waals surface area contributed by atoms with E-state index in [4.69, 9.17) is 9.47 Å². The van der Waals surface area contributed by atoms with Crippen LogP contribution >= 0.6 is 0 Å². The van der Waals surface area contributed by atoms with E-state index in [1.54, 1.807) is 54.6 Å². The number of hydrogen-bond acceptors (Lipinski definition) is 4. The molecular formula is C24H24N2O4. The quantitative estimate of drug-likeness (QED) is 0.540. The molecule has 3 aromatic rings. The first-order valence-corrected chi connectivity index (χ1v) is 9.76. The van der Waals surface area contributed by atoms with Gasteiger partial charge in [-0.1, -0.05) is 43.3 Å². The van der Waals surface area contributed by atoms with Crippen molar-refractivity contribution >= 4 is 23.2 Å². The highest BCUT2D eigenvalue weighted by molar-refractivity contribution is 6.06. The molecule has 6 nitrogen and oxygen atoms in total. The number of nitrogens with one attached hydrogen (secondary N) is 2. The Bertz CT molecular complexity index is 989. The van der Waals surface area contributed by atoms with Crippen LogP contribution in [0.3, 0.4) is 0 Å². The highest BCUT2D eigenvalue weighted by Crippen LogP contribution is 2.21. The molecule has 0 spiro atoms. The number of carbonyl (C=O) groups excluding carboxylic acids is 2. The van der Waals surface area contributed by atoms with Crippen molar-refractivity contribution in [1.29, 1.82) is 0 Å². The smallest absolute Gasteiger partial charge is 0.262 e. The van der Waals surface area contributed by atoms with Crippen molar-refractivity contribution in [1.82, 2.24) is 0 Å². The third-order valence-electron chi connectivity index (χ3n) is 4.11. The number of hydrogen-bond donors (Lipinski definition) is 2. The molecule has 0 aromatic heterocycles. The maximum absolute atomic E-state index is 12.7. The lowest BCUT2D eigenvalue weighted by atomic mass is 10.1. The zero-order valence-corrected chi connectivity index (χ0v) is 16.8. The van der Waals surface area contributed by atoms with Crippen molar-refractivity contribution in [3.05, 3.63) is 84.4 Å². The summed E-state index contributed by atoms with van der Waals surface area (Å²) in [5.41, 5.74) is 1.58. The summed E-state index contributed by atoms with van der Waals surface area (Å²) in [5.74, 6) is 0.593. The van der Waals surface area contributed by atoms with E-state index in [0.29, 0.717) is 35.0 Å². The van der Waals surface area contributed by atoms with Gasteiger partial charge in [0, 0.05) is 11.4 Å². The molecule has 0 unspecified atom stereocenters. The number of carbonyl (C=O) groups is 2. The second kappa shape index (κ2) is 10.7. The molecule has 0 bridgehead atoms. The van der Waals surface area contributed by atoms with Crippen molar-refractivity contribution in [3.63, 3.8) is 0 Å². The minimum absolute atomic E-state index is 0.108. The summed E-state index contributed by atoms with van der Waals surface area (Å²) in [7, 11) is 0. The lowest BCUT2D eigenvalue weighted by molar-refractivity contribution is -0.118. The maximum atomic E-state index is 12.7. The summed E-state index contributed by atoms with van der Waals surface area (Å²) >= 11 is 0. The number of benzene rings is 3. The molecular weight excluding hydrogens is 380 g/mol. The van der Waals surface area contributed by atoms with E-state index in [9.17, 15) is 9.59 Å². The molecule has 154 valence electrons. The van der Waals surface area contributed by atoms with Gasteiger partial charge in [-0.05, 0) is 48.9 Å². The third-order valence-corrected chi connectivity index (χ3v) is 4.11. The molecule has 6 heteroatoms. The average Bonchev–Trinajstić information content (AvgIpc) is 2.77. The molecule has 0 fully saturated rings. The predicted molar refractivity (Wildman–Crippen MR) is 117 cm³/mol. The topological polar surface area (TPSA) is 76.7 Å². The summed E-state index contributed by atoms with van der Waals surface area (Å²) in [4.78, 5) is 24.8. The lowest BCUT2D eigenvalue weighted by Crippen LogP contribution is -2.20. The van der Waals surface area contributed by atoms with Crippen molar-refractivity contribution < 1.29 is 19.1 Å². The summed E-state index contributed by atoms with van der Waals surface area (Å²) in [6.45, 7) is 2.44. The fourth-order valence-corrected chi connectivity index (χ4v) is 2.73. The van der Waals surface area contributed by atoms with Gasteiger partial charge in [0.25, 0.3) is 11.8 Å². The molecule has 30 heavy (non-hydrogen) atoms. The predicted octanol–water partition coefficient (Wildman–Crippen LogP) is 4.75. The van der Waals surface area contributed by atoms with E-state index >= 15 is 0 Å². The monoisotopic (exact) mass is 404 g/mol. The molecule has 0 aliphatic heterocycles. The Kier molecular flexibility index (Phi) is 7.44. The van der Waals surface area contributed by atoms with Gasteiger partial charge in [-0.2, -0.15) is 0 Å². The Hall–Kier alpha value is -3.80. The van der Waals surface area contributed by atoms with E-state index in [2.05, 4.69) is 10.6 Å². The molecule has 3 rings (SSSR count). The Balaban J connectivity index is 1.60. The highest BCUT2D eigenvalue weighted by Gasteiger charge is 2.13. The number of rotatable bonds is 9. The second-order valence-corrected chi connectivity index (χ2v) is 6.53. The molecule has 0 saturated carbocycles. The van der Waals surface area contributed by atoms with Gasteiger partial charge in [-0.3, -0.25) is 9.59 Å². The molecule has 2 amide bonds. The van der Waals surface area contributed by atoms with Gasteiger partial charge in [0.05, 0.1) is 12.2 Å². The number of para-hydroxylation sites is 2. The van der Waals surface area contributed by atoms with Gasteiger partial charge in [-0.25, -0.2) is 0 Å². The highest BCUT2D eigenvalue weighted by atomic mass is 16.5. The second-order valence-electron chi connectivity index (χ2n) is 6.53.